The molecule has 0 N–H and O–H groups in total. The first kappa shape index (κ1) is 6.81. The molecule has 3 heteroatoms. The third kappa shape index (κ3) is 1.35. The molecule has 10 heavy (non-hydrogen) atoms. The molecule has 0 aromatic carbocycles. The molecular weight excluding hydrogens is 133 g/mol. The summed E-state index contributed by atoms with van der Waals surface area (Å²) < 4.78 is 16.5. The van der Waals surface area contributed by atoms with E-state index in [1.165, 1.54) is 6.07 Å². The quantitative estimate of drug-likeness (QED) is 0.577. The predicted octanol–water partition coefficient (Wildman–Crippen LogP) is 1.32. The zero-order valence-corrected chi connectivity index (χ0v) is 5.30. The summed E-state index contributed by atoms with van der Waals surface area (Å²) >= 11 is 0. The molecule has 0 aliphatic heterocycles. The highest BCUT2D eigenvalue weighted by molar-refractivity contribution is 5.09. The van der Waals surface area contributed by atoms with E-state index in [0.29, 0.717) is 17.9 Å². The van der Waals surface area contributed by atoms with Gasteiger partial charge in [0.05, 0.1) is 6.42 Å². The van der Waals surface area contributed by atoms with E-state index in [4.69, 9.17) is 6.42 Å². The number of alkyl halides is 1. The lowest BCUT2D eigenvalue weighted by Gasteiger charge is -1.77. The predicted molar refractivity (Wildman–Crippen MR) is 33.9 cm³/mol. The Bertz CT molecular complexity index is 248. The van der Waals surface area contributed by atoms with Crippen molar-refractivity contribution >= 4 is 0 Å². The molecule has 0 saturated heterocycles. The Hall–Kier alpha value is -1.30. The summed E-state index contributed by atoms with van der Waals surface area (Å²) in [6.07, 6.45) is 5.35. The minimum atomic E-state index is -0.603. The normalized spacial score (nSPS) is 9.20. The van der Waals surface area contributed by atoms with Gasteiger partial charge in [0.1, 0.15) is 18.1 Å². The van der Waals surface area contributed by atoms with Crippen LogP contribution in [0.15, 0.2) is 10.6 Å². The van der Waals surface area contributed by atoms with Gasteiger partial charge in [-0.05, 0) is 0 Å². The van der Waals surface area contributed by atoms with Crippen molar-refractivity contribution in [2.45, 2.75) is 13.1 Å². The molecule has 0 aliphatic carbocycles. The van der Waals surface area contributed by atoms with Crippen molar-refractivity contribution in [1.82, 2.24) is 5.16 Å². The van der Waals surface area contributed by atoms with E-state index in [1.807, 2.05) is 0 Å². The maximum absolute atomic E-state index is 11.8. The fourth-order valence-corrected chi connectivity index (χ4v) is 0.603. The van der Waals surface area contributed by atoms with Gasteiger partial charge in [-0.2, -0.15) is 0 Å². The number of hydrogen-bond donors (Lipinski definition) is 0. The van der Waals surface area contributed by atoms with Crippen molar-refractivity contribution in [3.63, 3.8) is 0 Å². The van der Waals surface area contributed by atoms with E-state index < -0.39 is 6.67 Å². The summed E-state index contributed by atoms with van der Waals surface area (Å²) in [5.74, 6) is 2.90. The Morgan fingerprint density at radius 1 is 1.80 bits per heavy atom. The van der Waals surface area contributed by atoms with Crippen LogP contribution in [-0.2, 0) is 13.1 Å². The summed E-state index contributed by atoms with van der Waals surface area (Å²) in [5.41, 5.74) is 0.297. The number of halogens is 1. The zero-order valence-electron chi connectivity index (χ0n) is 5.30. The SMILES string of the molecule is C#CCc1cc(CF)no1. The summed E-state index contributed by atoms with van der Waals surface area (Å²) in [6, 6.07) is 1.51. The Balaban J connectivity index is 2.70. The van der Waals surface area contributed by atoms with Gasteiger partial charge in [0, 0.05) is 6.07 Å². The van der Waals surface area contributed by atoms with Gasteiger partial charge in [0.15, 0.2) is 0 Å². The number of hydrogen-bond acceptors (Lipinski definition) is 2. The van der Waals surface area contributed by atoms with Crippen molar-refractivity contribution in [2.75, 3.05) is 0 Å². The molecule has 0 amide bonds. The minimum Gasteiger partial charge on any atom is -0.360 e. The molecule has 1 aromatic heterocycles. The van der Waals surface area contributed by atoms with Crippen LogP contribution in [0.1, 0.15) is 11.5 Å². The van der Waals surface area contributed by atoms with Crippen LogP contribution in [0, 0.1) is 12.3 Å². The van der Waals surface area contributed by atoms with Crippen molar-refractivity contribution in [2.24, 2.45) is 0 Å². The van der Waals surface area contributed by atoms with Crippen LogP contribution in [0.3, 0.4) is 0 Å². The largest absolute Gasteiger partial charge is 0.360 e. The highest BCUT2D eigenvalue weighted by Gasteiger charge is 2.00. The maximum Gasteiger partial charge on any atom is 0.148 e. The number of aromatic nitrogens is 1. The fourth-order valence-electron chi connectivity index (χ4n) is 0.603. The smallest absolute Gasteiger partial charge is 0.148 e. The second-order valence-corrected chi connectivity index (χ2v) is 1.80. The summed E-state index contributed by atoms with van der Waals surface area (Å²) in [5, 5.41) is 3.41. The first-order valence-electron chi connectivity index (χ1n) is 2.80. The molecule has 2 nitrogen and oxygen atoms in total. The highest BCUT2D eigenvalue weighted by Crippen LogP contribution is 2.04. The summed E-state index contributed by atoms with van der Waals surface area (Å²) in [4.78, 5) is 0. The minimum absolute atomic E-state index is 0.297. The molecule has 0 aliphatic rings. The lowest BCUT2D eigenvalue weighted by Crippen LogP contribution is -1.74. The van der Waals surface area contributed by atoms with Gasteiger partial charge in [-0.25, -0.2) is 4.39 Å². The number of rotatable bonds is 2. The van der Waals surface area contributed by atoms with Crippen LogP contribution >= 0.6 is 0 Å². The third-order valence-electron chi connectivity index (χ3n) is 1.02. The van der Waals surface area contributed by atoms with E-state index in [-0.39, 0.29) is 0 Å². The molecule has 0 unspecified atom stereocenters. The van der Waals surface area contributed by atoms with Crippen LogP contribution in [0.4, 0.5) is 4.39 Å². The molecule has 0 bridgehead atoms. The van der Waals surface area contributed by atoms with Gasteiger partial charge in [-0.1, -0.05) is 11.1 Å². The van der Waals surface area contributed by atoms with Gasteiger partial charge < -0.3 is 4.52 Å². The standard InChI is InChI=1S/C7H6FNO/c1-2-3-7-4-6(5-8)9-10-7/h1,4H,3,5H2. The molecule has 0 spiro atoms. The third-order valence-corrected chi connectivity index (χ3v) is 1.02. The van der Waals surface area contributed by atoms with E-state index in [2.05, 4.69) is 15.6 Å². The van der Waals surface area contributed by atoms with Gasteiger partial charge in [-0.15, -0.1) is 6.42 Å². The molecule has 0 fully saturated rings. The van der Waals surface area contributed by atoms with Crippen molar-refractivity contribution < 1.29 is 8.91 Å². The average molecular weight is 139 g/mol. The highest BCUT2D eigenvalue weighted by atomic mass is 19.1. The Morgan fingerprint density at radius 2 is 2.60 bits per heavy atom. The first-order chi connectivity index (χ1) is 4.86. The van der Waals surface area contributed by atoms with Gasteiger partial charge >= 0.3 is 0 Å². The second kappa shape index (κ2) is 3.02. The van der Waals surface area contributed by atoms with E-state index >= 15 is 0 Å². The molecular formula is C7H6FNO. The molecule has 1 aromatic rings. The van der Waals surface area contributed by atoms with Crippen molar-refractivity contribution in [3.05, 3.63) is 17.5 Å². The van der Waals surface area contributed by atoms with Crippen LogP contribution < -0.4 is 0 Å². The molecule has 0 saturated carbocycles. The topological polar surface area (TPSA) is 26.0 Å². The first-order valence-corrected chi connectivity index (χ1v) is 2.80. The second-order valence-electron chi connectivity index (χ2n) is 1.80. The molecule has 0 radical (unpaired) electrons. The van der Waals surface area contributed by atoms with Crippen LogP contribution in [-0.4, -0.2) is 5.16 Å². The van der Waals surface area contributed by atoms with Gasteiger partial charge in [-0.3, -0.25) is 0 Å². The average Bonchev–Trinajstić information content (AvgIpc) is 2.37. The molecule has 1 rings (SSSR count). The van der Waals surface area contributed by atoms with Crippen molar-refractivity contribution in [1.29, 1.82) is 0 Å². The number of nitrogens with zero attached hydrogens (tertiary/aromatic N) is 1. The molecule has 0 atom stereocenters. The summed E-state index contributed by atoms with van der Waals surface area (Å²) in [7, 11) is 0. The van der Waals surface area contributed by atoms with Crippen LogP contribution in [0.2, 0.25) is 0 Å². The Labute approximate surface area is 58.0 Å². The fraction of sp³-hybridized carbons (Fsp3) is 0.286. The molecule has 1 heterocycles. The monoisotopic (exact) mass is 139 g/mol. The molecule has 52 valence electrons. The Kier molecular flexibility index (Phi) is 2.06. The number of terminal acetylenes is 1. The van der Waals surface area contributed by atoms with Gasteiger partial charge in [0.25, 0.3) is 0 Å². The van der Waals surface area contributed by atoms with Crippen molar-refractivity contribution in [3.8, 4) is 12.3 Å². The van der Waals surface area contributed by atoms with Gasteiger partial charge in [0.2, 0.25) is 0 Å². The van der Waals surface area contributed by atoms with E-state index in [9.17, 15) is 4.39 Å². The van der Waals surface area contributed by atoms with Crippen LogP contribution in [0.25, 0.3) is 0 Å². The Morgan fingerprint density at radius 3 is 3.10 bits per heavy atom. The maximum atomic E-state index is 11.8. The lowest BCUT2D eigenvalue weighted by atomic mass is 10.3. The van der Waals surface area contributed by atoms with E-state index in [1.54, 1.807) is 0 Å². The lowest BCUT2D eigenvalue weighted by molar-refractivity contribution is 0.369. The van der Waals surface area contributed by atoms with Crippen LogP contribution in [0.5, 0.6) is 0 Å². The summed E-state index contributed by atoms with van der Waals surface area (Å²) in [6.45, 7) is -0.603. The van der Waals surface area contributed by atoms with E-state index in [0.717, 1.165) is 0 Å². The zero-order chi connectivity index (χ0) is 7.40.